The molecule has 1 unspecified atom stereocenters. The molecule has 0 saturated carbocycles. The number of carbonyl (C=O) groups is 3. The Balaban J connectivity index is 1.21. The van der Waals surface area contributed by atoms with Crippen molar-refractivity contribution in [3.8, 4) is 11.1 Å². The van der Waals surface area contributed by atoms with E-state index in [4.69, 9.17) is 4.74 Å². The quantitative estimate of drug-likeness (QED) is 0.377. The Morgan fingerprint density at radius 3 is 2.32 bits per heavy atom. The van der Waals surface area contributed by atoms with Crippen LogP contribution in [-0.2, 0) is 9.53 Å². The van der Waals surface area contributed by atoms with E-state index in [9.17, 15) is 14.4 Å². The Bertz CT molecular complexity index is 1370. The van der Waals surface area contributed by atoms with Crippen molar-refractivity contribution in [3.05, 3.63) is 89.0 Å². The van der Waals surface area contributed by atoms with Crippen LogP contribution < -0.4 is 10.2 Å². The minimum atomic E-state index is -0.262. The summed E-state index contributed by atoms with van der Waals surface area (Å²) < 4.78 is 5.09. The lowest BCUT2D eigenvalue weighted by atomic mass is 9.94. The summed E-state index contributed by atoms with van der Waals surface area (Å²) in [5.74, 6) is -0.720. The predicted octanol–water partition coefficient (Wildman–Crippen LogP) is 4.42. The van der Waals surface area contributed by atoms with E-state index < -0.39 is 0 Å². The van der Waals surface area contributed by atoms with Gasteiger partial charge in [-0.05, 0) is 53.6 Å². The van der Waals surface area contributed by atoms with Crippen LogP contribution in [-0.4, -0.2) is 56.0 Å². The summed E-state index contributed by atoms with van der Waals surface area (Å²) in [5.41, 5.74) is 6.20. The second-order valence-corrected chi connectivity index (χ2v) is 10.2. The third-order valence-corrected chi connectivity index (χ3v) is 7.96. The van der Waals surface area contributed by atoms with Gasteiger partial charge in [-0.2, -0.15) is 0 Å². The fraction of sp³-hybridized carbons (Fsp3) is 0.323. The molecular weight excluding hydrogens is 478 g/mol. The number of nitrogens with zero attached hydrogens (tertiary/aromatic N) is 2. The van der Waals surface area contributed by atoms with Crippen molar-refractivity contribution >= 4 is 23.4 Å². The van der Waals surface area contributed by atoms with E-state index in [-0.39, 0.29) is 29.7 Å². The molecule has 0 radical (unpaired) electrons. The lowest BCUT2D eigenvalue weighted by molar-refractivity contribution is -0.125. The minimum Gasteiger partial charge on any atom is -0.385 e. The van der Waals surface area contributed by atoms with Crippen LogP contribution in [0, 0.1) is 5.92 Å². The maximum Gasteiger partial charge on any atom is 0.263 e. The summed E-state index contributed by atoms with van der Waals surface area (Å²) in [5, 5.41) is 3.33. The SMILES string of the molecule is COCCCN1C(=O)c2cccc(N3CCCC(C(=O)NC4c5ccccc5-c5ccccc54)C3)c2C1=O. The Morgan fingerprint density at radius 2 is 1.61 bits per heavy atom. The van der Waals surface area contributed by atoms with Gasteiger partial charge in [-0.1, -0.05) is 54.6 Å². The number of fused-ring (bicyclic) bond motifs is 4. The molecule has 0 aromatic heterocycles. The molecule has 2 heterocycles. The number of imide groups is 1. The van der Waals surface area contributed by atoms with Crippen LogP contribution >= 0.6 is 0 Å². The van der Waals surface area contributed by atoms with Crippen LogP contribution in [0.2, 0.25) is 0 Å². The number of piperidine rings is 1. The van der Waals surface area contributed by atoms with Crippen molar-refractivity contribution in [1.82, 2.24) is 10.2 Å². The first-order valence-corrected chi connectivity index (χ1v) is 13.3. The van der Waals surface area contributed by atoms with Crippen molar-refractivity contribution < 1.29 is 19.1 Å². The van der Waals surface area contributed by atoms with Crippen molar-refractivity contribution in [3.63, 3.8) is 0 Å². The van der Waals surface area contributed by atoms with Crippen molar-refractivity contribution in [2.24, 2.45) is 5.92 Å². The Labute approximate surface area is 222 Å². The topological polar surface area (TPSA) is 79.0 Å². The van der Waals surface area contributed by atoms with Crippen LogP contribution in [0.15, 0.2) is 66.7 Å². The molecule has 2 aliphatic heterocycles. The number of ether oxygens (including phenoxy) is 1. The van der Waals surface area contributed by atoms with Crippen LogP contribution in [0.3, 0.4) is 0 Å². The fourth-order valence-electron chi connectivity index (χ4n) is 6.13. The smallest absolute Gasteiger partial charge is 0.263 e. The van der Waals surface area contributed by atoms with Gasteiger partial charge in [0.15, 0.2) is 0 Å². The normalized spacial score (nSPS) is 18.4. The summed E-state index contributed by atoms with van der Waals surface area (Å²) in [6.45, 7) is 2.05. The zero-order valence-corrected chi connectivity index (χ0v) is 21.5. The molecule has 3 aromatic carbocycles. The molecule has 6 rings (SSSR count). The van der Waals surface area contributed by atoms with Gasteiger partial charge in [0.2, 0.25) is 5.91 Å². The van der Waals surface area contributed by atoms with Gasteiger partial charge in [0.05, 0.1) is 28.8 Å². The summed E-state index contributed by atoms with van der Waals surface area (Å²) in [6.07, 6.45) is 2.21. The number of benzene rings is 3. The number of amides is 3. The number of nitrogens with one attached hydrogen (secondary N) is 1. The van der Waals surface area contributed by atoms with Crippen LogP contribution in [0.5, 0.6) is 0 Å². The van der Waals surface area contributed by atoms with E-state index in [1.807, 2.05) is 36.4 Å². The lowest BCUT2D eigenvalue weighted by Crippen LogP contribution is -2.44. The highest BCUT2D eigenvalue weighted by Crippen LogP contribution is 2.43. The monoisotopic (exact) mass is 509 g/mol. The molecule has 1 aliphatic carbocycles. The first kappa shape index (κ1) is 24.4. The molecule has 3 amide bonds. The number of methoxy groups -OCH3 is 1. The van der Waals surface area contributed by atoms with Crippen LogP contribution in [0.1, 0.15) is 57.1 Å². The van der Waals surface area contributed by atoms with Gasteiger partial charge >= 0.3 is 0 Å². The Morgan fingerprint density at radius 1 is 0.921 bits per heavy atom. The highest BCUT2D eigenvalue weighted by atomic mass is 16.5. The first-order valence-electron chi connectivity index (χ1n) is 13.3. The van der Waals surface area contributed by atoms with Crippen LogP contribution in [0.4, 0.5) is 5.69 Å². The minimum absolute atomic E-state index is 0.0161. The van der Waals surface area contributed by atoms with Gasteiger partial charge in [0.25, 0.3) is 11.8 Å². The average Bonchev–Trinajstić information content (AvgIpc) is 3.40. The molecule has 1 atom stereocenters. The third kappa shape index (κ3) is 4.07. The molecular formula is C31H31N3O4. The number of carbonyl (C=O) groups excluding carboxylic acids is 3. The lowest BCUT2D eigenvalue weighted by Gasteiger charge is -2.35. The number of rotatable bonds is 7. The highest BCUT2D eigenvalue weighted by Gasteiger charge is 2.39. The van der Waals surface area contributed by atoms with E-state index in [1.165, 1.54) is 4.90 Å². The largest absolute Gasteiger partial charge is 0.385 e. The highest BCUT2D eigenvalue weighted by molar-refractivity contribution is 6.23. The van der Waals surface area contributed by atoms with Gasteiger partial charge in [-0.25, -0.2) is 0 Å². The third-order valence-electron chi connectivity index (χ3n) is 7.96. The molecule has 0 spiro atoms. The number of anilines is 1. The van der Waals surface area contributed by atoms with Gasteiger partial charge < -0.3 is 15.0 Å². The number of hydrogen-bond acceptors (Lipinski definition) is 5. The molecule has 1 saturated heterocycles. The van der Waals surface area contributed by atoms with Crippen molar-refractivity contribution in [2.75, 3.05) is 38.3 Å². The Hall–Kier alpha value is -3.97. The van der Waals surface area contributed by atoms with Gasteiger partial charge in [0, 0.05) is 33.4 Å². The maximum atomic E-state index is 13.6. The summed E-state index contributed by atoms with van der Waals surface area (Å²) in [6, 6.07) is 21.7. The molecule has 1 fully saturated rings. The molecule has 3 aliphatic rings. The van der Waals surface area contributed by atoms with Crippen LogP contribution in [0.25, 0.3) is 11.1 Å². The summed E-state index contributed by atoms with van der Waals surface area (Å²) in [7, 11) is 1.60. The zero-order valence-electron chi connectivity index (χ0n) is 21.5. The first-order chi connectivity index (χ1) is 18.6. The van der Waals surface area contributed by atoms with E-state index in [0.717, 1.165) is 47.3 Å². The zero-order chi connectivity index (χ0) is 26.2. The van der Waals surface area contributed by atoms with E-state index in [1.54, 1.807) is 13.2 Å². The summed E-state index contributed by atoms with van der Waals surface area (Å²) >= 11 is 0. The molecule has 7 heteroatoms. The molecule has 38 heavy (non-hydrogen) atoms. The molecule has 1 N–H and O–H groups in total. The standard InChI is InChI=1S/C31H31N3O4/c1-38-18-8-17-34-30(36)25-14-6-15-26(27(25)31(34)37)33-16-7-9-20(19-33)29(35)32-28-23-12-4-2-10-21(23)22-11-3-5-13-24(22)28/h2-6,10-15,20,28H,7-9,16-19H2,1H3,(H,32,35). The fourth-order valence-corrected chi connectivity index (χ4v) is 6.13. The second-order valence-electron chi connectivity index (χ2n) is 10.2. The van der Waals surface area contributed by atoms with Crippen molar-refractivity contribution in [2.45, 2.75) is 25.3 Å². The van der Waals surface area contributed by atoms with E-state index in [2.05, 4.69) is 34.5 Å². The van der Waals surface area contributed by atoms with Gasteiger partial charge in [-0.15, -0.1) is 0 Å². The number of hydrogen-bond donors (Lipinski definition) is 1. The molecule has 7 nitrogen and oxygen atoms in total. The average molecular weight is 510 g/mol. The van der Waals surface area contributed by atoms with Gasteiger partial charge in [-0.3, -0.25) is 19.3 Å². The van der Waals surface area contributed by atoms with Gasteiger partial charge in [0.1, 0.15) is 0 Å². The van der Waals surface area contributed by atoms with E-state index in [0.29, 0.717) is 37.2 Å². The van der Waals surface area contributed by atoms with E-state index >= 15 is 0 Å². The summed E-state index contributed by atoms with van der Waals surface area (Å²) in [4.78, 5) is 43.3. The second kappa shape index (κ2) is 10.1. The molecule has 0 bridgehead atoms. The maximum absolute atomic E-state index is 13.6. The van der Waals surface area contributed by atoms with Crippen molar-refractivity contribution in [1.29, 1.82) is 0 Å². The molecule has 3 aromatic rings. The molecule has 194 valence electrons. The Kier molecular flexibility index (Phi) is 6.45. The predicted molar refractivity (Wildman–Crippen MR) is 145 cm³/mol.